The number of ether oxygens (including phenoxy) is 1. The summed E-state index contributed by atoms with van der Waals surface area (Å²) in [5.41, 5.74) is -0.523. The van der Waals surface area contributed by atoms with Crippen molar-refractivity contribution in [1.82, 2.24) is 20.1 Å². The Morgan fingerprint density at radius 1 is 1.36 bits per heavy atom. The highest BCUT2D eigenvalue weighted by atomic mass is 19.4. The number of pyridine rings is 1. The van der Waals surface area contributed by atoms with Crippen LogP contribution in [0.1, 0.15) is 30.9 Å². The lowest BCUT2D eigenvalue weighted by Gasteiger charge is -2.40. The molecule has 4 N–H and O–H groups in total. The Labute approximate surface area is 189 Å². The van der Waals surface area contributed by atoms with Crippen LogP contribution in [0.3, 0.4) is 0 Å². The summed E-state index contributed by atoms with van der Waals surface area (Å²) in [6.45, 7) is 2.88. The van der Waals surface area contributed by atoms with Gasteiger partial charge in [-0.1, -0.05) is 0 Å². The molecule has 2 aromatic rings. The minimum absolute atomic E-state index is 0.0476. The summed E-state index contributed by atoms with van der Waals surface area (Å²) in [5.74, 6) is 1.46. The van der Waals surface area contributed by atoms with E-state index < -0.39 is 18.3 Å². The van der Waals surface area contributed by atoms with Gasteiger partial charge in [0.15, 0.2) is 5.82 Å². The van der Waals surface area contributed by atoms with Crippen LogP contribution in [-0.4, -0.2) is 83.0 Å². The summed E-state index contributed by atoms with van der Waals surface area (Å²) in [6.07, 6.45) is -1.29. The van der Waals surface area contributed by atoms with Crippen molar-refractivity contribution in [3.8, 4) is 0 Å². The number of aliphatic hydroxyl groups is 1. The lowest BCUT2D eigenvalue weighted by atomic mass is 9.82. The zero-order valence-corrected chi connectivity index (χ0v) is 18.3. The fourth-order valence-electron chi connectivity index (χ4n) is 4.44. The number of morpholine rings is 1. The first kappa shape index (κ1) is 23.5. The molecule has 2 saturated heterocycles. The fourth-order valence-corrected chi connectivity index (χ4v) is 4.44. The molecule has 2 aliphatic heterocycles. The van der Waals surface area contributed by atoms with Gasteiger partial charge in [0, 0.05) is 43.7 Å². The summed E-state index contributed by atoms with van der Waals surface area (Å²) < 4.78 is 44.0. The molecule has 4 rings (SSSR count). The monoisotopic (exact) mass is 467 g/mol. The van der Waals surface area contributed by atoms with Gasteiger partial charge in [-0.2, -0.15) is 18.3 Å². The van der Waals surface area contributed by atoms with Crippen molar-refractivity contribution < 1.29 is 23.0 Å². The van der Waals surface area contributed by atoms with Crippen LogP contribution in [-0.2, 0) is 10.3 Å². The molecule has 2 aliphatic rings. The van der Waals surface area contributed by atoms with Crippen LogP contribution in [0.5, 0.6) is 0 Å². The summed E-state index contributed by atoms with van der Waals surface area (Å²) in [5, 5.41) is 29.5. The Balaban J connectivity index is 1.71. The first-order valence-corrected chi connectivity index (χ1v) is 10.9. The average molecular weight is 467 g/mol. The minimum Gasteiger partial charge on any atom is -0.385 e. The van der Waals surface area contributed by atoms with Crippen LogP contribution in [0.25, 0.3) is 0 Å². The van der Waals surface area contributed by atoms with Crippen molar-refractivity contribution in [2.75, 3.05) is 49.6 Å². The van der Waals surface area contributed by atoms with E-state index in [9.17, 15) is 18.3 Å². The number of nitrogens with one attached hydrogen (secondary N) is 3. The number of aromatic amines is 1. The molecule has 0 bridgehead atoms. The van der Waals surface area contributed by atoms with Crippen LogP contribution < -0.4 is 10.2 Å². The quantitative estimate of drug-likeness (QED) is 0.483. The second kappa shape index (κ2) is 9.27. The number of hydrogen-bond acceptors (Lipinski definition) is 8. The molecule has 0 amide bonds. The fraction of sp³-hybridized carbons (Fsp3) is 0.571. The molecule has 2 fully saturated rings. The maximum absolute atomic E-state index is 12.8. The van der Waals surface area contributed by atoms with E-state index in [1.807, 2.05) is 6.92 Å². The van der Waals surface area contributed by atoms with Gasteiger partial charge in [0.05, 0.1) is 31.4 Å². The Morgan fingerprint density at radius 3 is 2.73 bits per heavy atom. The van der Waals surface area contributed by atoms with E-state index in [-0.39, 0.29) is 32.0 Å². The smallest absolute Gasteiger partial charge is 0.385 e. The lowest BCUT2D eigenvalue weighted by molar-refractivity contribution is -0.154. The van der Waals surface area contributed by atoms with Crippen LogP contribution in [0.15, 0.2) is 18.3 Å². The number of rotatable bonds is 6. The molecule has 0 radical (unpaired) electrons. The number of likely N-dealkylation sites (tertiary alicyclic amines) is 1. The molecule has 0 aliphatic carbocycles. The third-order valence-corrected chi connectivity index (χ3v) is 6.19. The van der Waals surface area contributed by atoms with Crippen molar-refractivity contribution in [1.29, 1.82) is 5.41 Å². The van der Waals surface area contributed by atoms with Crippen LogP contribution in [0.2, 0.25) is 0 Å². The second-order valence-corrected chi connectivity index (χ2v) is 8.56. The second-order valence-electron chi connectivity index (χ2n) is 8.56. The molecule has 12 heteroatoms. The SMILES string of the molecule is C[C@@H]1COCCN1c1cc(C2(O)CCN(CC(F)(F)F)CC2)c(C=N)c(Nc2cc[nH]n2)n1. The first-order valence-electron chi connectivity index (χ1n) is 10.9. The van der Waals surface area contributed by atoms with Crippen molar-refractivity contribution in [2.24, 2.45) is 0 Å². The largest absolute Gasteiger partial charge is 0.401 e. The summed E-state index contributed by atoms with van der Waals surface area (Å²) >= 11 is 0. The molecule has 180 valence electrons. The molecule has 0 spiro atoms. The highest BCUT2D eigenvalue weighted by molar-refractivity contribution is 5.89. The Bertz CT molecular complexity index is 960. The summed E-state index contributed by atoms with van der Waals surface area (Å²) in [7, 11) is 0. The highest BCUT2D eigenvalue weighted by Crippen LogP contribution is 2.39. The van der Waals surface area contributed by atoms with Crippen LogP contribution >= 0.6 is 0 Å². The number of halogens is 3. The maximum Gasteiger partial charge on any atom is 0.401 e. The number of aromatic nitrogens is 3. The van der Waals surface area contributed by atoms with Crippen LogP contribution in [0, 0.1) is 5.41 Å². The van der Waals surface area contributed by atoms with Crippen LogP contribution in [0.4, 0.5) is 30.6 Å². The van der Waals surface area contributed by atoms with Gasteiger partial charge in [0.2, 0.25) is 0 Å². The van der Waals surface area contributed by atoms with Crippen molar-refractivity contribution in [3.05, 3.63) is 29.5 Å². The Hall–Kier alpha value is -2.70. The Kier molecular flexibility index (Phi) is 6.59. The number of anilines is 3. The predicted octanol–water partition coefficient (Wildman–Crippen LogP) is 2.62. The van der Waals surface area contributed by atoms with Crippen molar-refractivity contribution in [2.45, 2.75) is 37.6 Å². The lowest BCUT2D eigenvalue weighted by Crippen LogP contribution is -2.47. The van der Waals surface area contributed by atoms with Gasteiger partial charge < -0.3 is 25.5 Å². The van der Waals surface area contributed by atoms with Gasteiger partial charge in [0.1, 0.15) is 11.6 Å². The van der Waals surface area contributed by atoms with Gasteiger partial charge in [-0.05, 0) is 31.4 Å². The molecule has 0 unspecified atom stereocenters. The zero-order valence-electron chi connectivity index (χ0n) is 18.3. The van der Waals surface area contributed by atoms with Crippen molar-refractivity contribution >= 4 is 23.7 Å². The normalized spacial score (nSPS) is 21.7. The first-order chi connectivity index (χ1) is 15.7. The van der Waals surface area contributed by atoms with Gasteiger partial charge >= 0.3 is 6.18 Å². The molecular formula is C21H28F3N7O2. The van der Waals surface area contributed by atoms with Gasteiger partial charge in [-0.15, -0.1) is 0 Å². The third-order valence-electron chi connectivity index (χ3n) is 6.19. The van der Waals surface area contributed by atoms with Crippen molar-refractivity contribution in [3.63, 3.8) is 0 Å². The number of alkyl halides is 3. The highest BCUT2D eigenvalue weighted by Gasteiger charge is 2.40. The third kappa shape index (κ3) is 5.28. The van der Waals surface area contributed by atoms with E-state index in [1.165, 1.54) is 4.90 Å². The molecular weight excluding hydrogens is 439 g/mol. The summed E-state index contributed by atoms with van der Waals surface area (Å²) in [4.78, 5) is 8.09. The van der Waals surface area contributed by atoms with E-state index >= 15 is 0 Å². The molecule has 2 aromatic heterocycles. The van der Waals surface area contributed by atoms with E-state index in [2.05, 4.69) is 20.4 Å². The van der Waals surface area contributed by atoms with E-state index in [4.69, 9.17) is 15.1 Å². The van der Waals surface area contributed by atoms with E-state index in [0.717, 1.165) is 6.21 Å². The topological polar surface area (TPSA) is 113 Å². The number of H-pyrrole nitrogens is 1. The number of hydrogen-bond donors (Lipinski definition) is 4. The van der Waals surface area contributed by atoms with E-state index in [0.29, 0.717) is 48.3 Å². The zero-order chi connectivity index (χ0) is 23.6. The van der Waals surface area contributed by atoms with E-state index in [1.54, 1.807) is 18.3 Å². The number of nitrogens with zero attached hydrogens (tertiary/aromatic N) is 4. The molecule has 33 heavy (non-hydrogen) atoms. The molecule has 9 nitrogen and oxygen atoms in total. The molecule has 1 atom stereocenters. The predicted molar refractivity (Wildman–Crippen MR) is 117 cm³/mol. The standard InChI is InChI=1S/C21H28F3N7O2/c1-14-12-33-9-8-31(14)18-10-16(15(11-25)19(28-18)27-17-2-5-26-29-17)20(32)3-6-30(7-4-20)13-21(22,23)24/h2,5,10-11,14,25,32H,3-4,6-9,12-13H2,1H3,(H2,26,27,28,29)/t14-/m1/s1. The van der Waals surface area contributed by atoms with Gasteiger partial charge in [-0.3, -0.25) is 10.00 Å². The van der Waals surface area contributed by atoms with Gasteiger partial charge in [-0.25, -0.2) is 4.98 Å². The number of piperidine rings is 1. The minimum atomic E-state index is -4.29. The van der Waals surface area contributed by atoms with Gasteiger partial charge in [0.25, 0.3) is 0 Å². The molecule has 0 saturated carbocycles. The molecule has 0 aromatic carbocycles. The average Bonchev–Trinajstić information content (AvgIpc) is 3.27. The molecule has 4 heterocycles. The summed E-state index contributed by atoms with van der Waals surface area (Å²) in [6, 6.07) is 3.52. The Morgan fingerprint density at radius 2 is 2.12 bits per heavy atom. The maximum atomic E-state index is 12.8.